The number of rotatable bonds is 4. The van der Waals surface area contributed by atoms with Crippen molar-refractivity contribution in [3.63, 3.8) is 0 Å². The Labute approximate surface area is 120 Å². The lowest BCUT2D eigenvalue weighted by atomic mass is 10.2. The molecule has 1 aliphatic carbocycles. The summed E-state index contributed by atoms with van der Waals surface area (Å²) in [4.78, 5) is 10.9. The summed E-state index contributed by atoms with van der Waals surface area (Å²) in [5.41, 5.74) is -0.0545. The van der Waals surface area contributed by atoms with Crippen LogP contribution in [0.15, 0.2) is 27.6 Å². The Morgan fingerprint density at radius 1 is 1.26 bits per heavy atom. The highest BCUT2D eigenvalue weighted by Crippen LogP contribution is 2.23. The zero-order valence-corrected chi connectivity index (χ0v) is 12.5. The molecule has 1 aromatic carbocycles. The van der Waals surface area contributed by atoms with Crippen LogP contribution in [0.4, 0.5) is 0 Å². The Morgan fingerprint density at radius 2 is 1.89 bits per heavy atom. The molecular weight excluding hydrogens is 334 g/mol. The first kappa shape index (κ1) is 14.5. The maximum absolute atomic E-state index is 12.2. The highest BCUT2D eigenvalue weighted by molar-refractivity contribution is 9.10. The number of carboxylic acids is 1. The van der Waals surface area contributed by atoms with Gasteiger partial charge in [-0.05, 0) is 31.0 Å². The van der Waals surface area contributed by atoms with E-state index in [1.165, 1.54) is 18.2 Å². The van der Waals surface area contributed by atoms with Crippen molar-refractivity contribution in [2.75, 3.05) is 0 Å². The van der Waals surface area contributed by atoms with Crippen molar-refractivity contribution in [2.24, 2.45) is 0 Å². The number of sulfonamides is 1. The minimum atomic E-state index is -3.67. The number of carboxylic acid groups (broad SMARTS) is 1. The Bertz CT molecular complexity index is 594. The van der Waals surface area contributed by atoms with Crippen molar-refractivity contribution in [1.29, 1.82) is 0 Å². The molecule has 0 radical (unpaired) electrons. The predicted octanol–water partition coefficient (Wildman–Crippen LogP) is 2.37. The number of carbonyl (C=O) groups is 1. The standard InChI is InChI=1S/C12H14BrNO4S/c13-9-5-8(12(15)16)6-11(7-9)19(17,18)14-10-3-1-2-4-10/h5-7,10,14H,1-4H2,(H,15,16). The average molecular weight is 348 g/mol. The molecule has 1 aromatic rings. The van der Waals surface area contributed by atoms with E-state index in [2.05, 4.69) is 20.7 Å². The molecule has 2 N–H and O–H groups in total. The smallest absolute Gasteiger partial charge is 0.335 e. The molecule has 0 atom stereocenters. The van der Waals surface area contributed by atoms with Crippen LogP contribution in [0.3, 0.4) is 0 Å². The highest BCUT2D eigenvalue weighted by atomic mass is 79.9. The normalized spacial score (nSPS) is 16.7. The zero-order valence-electron chi connectivity index (χ0n) is 10.1. The molecule has 7 heteroatoms. The van der Waals surface area contributed by atoms with Gasteiger partial charge in [0.2, 0.25) is 10.0 Å². The Balaban J connectivity index is 2.31. The van der Waals surface area contributed by atoms with Gasteiger partial charge < -0.3 is 5.11 Å². The van der Waals surface area contributed by atoms with E-state index in [0.29, 0.717) is 4.47 Å². The SMILES string of the molecule is O=C(O)c1cc(Br)cc(S(=O)(=O)NC2CCCC2)c1. The minimum Gasteiger partial charge on any atom is -0.478 e. The van der Waals surface area contributed by atoms with Gasteiger partial charge in [-0.1, -0.05) is 28.8 Å². The van der Waals surface area contributed by atoms with Crippen molar-refractivity contribution < 1.29 is 18.3 Å². The highest BCUT2D eigenvalue weighted by Gasteiger charge is 2.24. The molecule has 0 spiro atoms. The first-order chi connectivity index (χ1) is 8.88. The third-order valence-electron chi connectivity index (χ3n) is 3.11. The summed E-state index contributed by atoms with van der Waals surface area (Å²) in [6.45, 7) is 0. The topological polar surface area (TPSA) is 83.5 Å². The molecule has 0 aromatic heterocycles. The van der Waals surface area contributed by atoms with Crippen LogP contribution >= 0.6 is 15.9 Å². The maximum atomic E-state index is 12.2. The van der Waals surface area contributed by atoms with Crippen molar-refractivity contribution in [3.8, 4) is 0 Å². The fourth-order valence-electron chi connectivity index (χ4n) is 2.17. The van der Waals surface area contributed by atoms with Gasteiger partial charge in [0.25, 0.3) is 0 Å². The third kappa shape index (κ3) is 3.55. The van der Waals surface area contributed by atoms with Gasteiger partial charge in [0.1, 0.15) is 0 Å². The third-order valence-corrected chi connectivity index (χ3v) is 5.06. The second-order valence-corrected chi connectivity index (χ2v) is 7.21. The second kappa shape index (κ2) is 5.60. The van der Waals surface area contributed by atoms with Crippen molar-refractivity contribution in [2.45, 2.75) is 36.6 Å². The molecule has 1 saturated carbocycles. The molecule has 2 rings (SSSR count). The molecule has 5 nitrogen and oxygen atoms in total. The largest absolute Gasteiger partial charge is 0.478 e. The molecule has 0 bridgehead atoms. The van der Waals surface area contributed by atoms with E-state index in [-0.39, 0.29) is 16.5 Å². The van der Waals surface area contributed by atoms with Gasteiger partial charge in [-0.15, -0.1) is 0 Å². The summed E-state index contributed by atoms with van der Waals surface area (Å²) in [6, 6.07) is 3.91. The molecule has 1 fully saturated rings. The van der Waals surface area contributed by atoms with E-state index >= 15 is 0 Å². The Kier molecular flexibility index (Phi) is 4.27. The molecule has 0 aliphatic heterocycles. The first-order valence-electron chi connectivity index (χ1n) is 5.95. The first-order valence-corrected chi connectivity index (χ1v) is 8.22. The summed E-state index contributed by atoms with van der Waals surface area (Å²) < 4.78 is 27.4. The van der Waals surface area contributed by atoms with Crippen LogP contribution in [0.1, 0.15) is 36.0 Å². The second-order valence-electron chi connectivity index (χ2n) is 4.58. The van der Waals surface area contributed by atoms with E-state index in [1.54, 1.807) is 0 Å². The van der Waals surface area contributed by atoms with Crippen LogP contribution in [0.25, 0.3) is 0 Å². The quantitative estimate of drug-likeness (QED) is 0.875. The van der Waals surface area contributed by atoms with Crippen LogP contribution in [-0.2, 0) is 10.0 Å². The van der Waals surface area contributed by atoms with Crippen LogP contribution in [0, 0.1) is 0 Å². The van der Waals surface area contributed by atoms with Crippen molar-refractivity contribution in [3.05, 3.63) is 28.2 Å². The Hall–Kier alpha value is -0.920. The van der Waals surface area contributed by atoms with Crippen molar-refractivity contribution in [1.82, 2.24) is 4.72 Å². The minimum absolute atomic E-state index is 0.0221. The van der Waals surface area contributed by atoms with Gasteiger partial charge in [0.05, 0.1) is 10.5 Å². The predicted molar refractivity (Wildman–Crippen MR) is 73.7 cm³/mol. The average Bonchev–Trinajstić information content (AvgIpc) is 2.80. The number of benzene rings is 1. The zero-order chi connectivity index (χ0) is 14.0. The monoisotopic (exact) mass is 347 g/mol. The number of nitrogens with one attached hydrogen (secondary N) is 1. The lowest BCUT2D eigenvalue weighted by Gasteiger charge is -2.13. The van der Waals surface area contributed by atoms with E-state index in [1.807, 2.05) is 0 Å². The Morgan fingerprint density at radius 3 is 2.47 bits per heavy atom. The van der Waals surface area contributed by atoms with Gasteiger partial charge in [0, 0.05) is 10.5 Å². The molecule has 0 heterocycles. The fourth-order valence-corrected chi connectivity index (χ4v) is 4.19. The lowest BCUT2D eigenvalue weighted by molar-refractivity contribution is 0.0696. The number of halogens is 1. The van der Waals surface area contributed by atoms with Crippen LogP contribution in [-0.4, -0.2) is 25.5 Å². The summed E-state index contributed by atoms with van der Waals surface area (Å²) in [6.07, 6.45) is 3.70. The van der Waals surface area contributed by atoms with E-state index in [4.69, 9.17) is 5.11 Å². The summed E-state index contributed by atoms with van der Waals surface area (Å²) in [5.74, 6) is -1.15. The number of hydrogen-bond acceptors (Lipinski definition) is 3. The van der Waals surface area contributed by atoms with Gasteiger partial charge in [-0.2, -0.15) is 0 Å². The number of hydrogen-bond donors (Lipinski definition) is 2. The summed E-state index contributed by atoms with van der Waals surface area (Å²) >= 11 is 3.13. The molecule has 104 valence electrons. The van der Waals surface area contributed by atoms with Crippen LogP contribution < -0.4 is 4.72 Å². The van der Waals surface area contributed by atoms with Gasteiger partial charge in [-0.3, -0.25) is 0 Å². The van der Waals surface area contributed by atoms with Crippen molar-refractivity contribution >= 4 is 31.9 Å². The van der Waals surface area contributed by atoms with Crippen LogP contribution in [0.2, 0.25) is 0 Å². The fraction of sp³-hybridized carbons (Fsp3) is 0.417. The van der Waals surface area contributed by atoms with Gasteiger partial charge >= 0.3 is 5.97 Å². The van der Waals surface area contributed by atoms with Gasteiger partial charge in [0.15, 0.2) is 0 Å². The molecule has 0 saturated heterocycles. The maximum Gasteiger partial charge on any atom is 0.335 e. The van der Waals surface area contributed by atoms with E-state index in [0.717, 1.165) is 25.7 Å². The van der Waals surface area contributed by atoms with Crippen LogP contribution in [0.5, 0.6) is 0 Å². The molecule has 19 heavy (non-hydrogen) atoms. The molecule has 1 aliphatic rings. The molecule has 0 amide bonds. The number of aromatic carboxylic acids is 1. The lowest BCUT2D eigenvalue weighted by Crippen LogP contribution is -2.32. The summed E-state index contributed by atoms with van der Waals surface area (Å²) in [7, 11) is -3.67. The summed E-state index contributed by atoms with van der Waals surface area (Å²) in [5, 5.41) is 8.95. The van der Waals surface area contributed by atoms with Gasteiger partial charge in [-0.25, -0.2) is 17.9 Å². The van der Waals surface area contributed by atoms with E-state index in [9.17, 15) is 13.2 Å². The van der Waals surface area contributed by atoms with E-state index < -0.39 is 16.0 Å². The molecule has 0 unspecified atom stereocenters. The molecular formula is C12H14BrNO4S.